The predicted octanol–water partition coefficient (Wildman–Crippen LogP) is 6.53. The van der Waals surface area contributed by atoms with E-state index in [1.165, 1.54) is 0 Å². The van der Waals surface area contributed by atoms with E-state index in [2.05, 4.69) is 89.7 Å². The van der Waals surface area contributed by atoms with Gasteiger partial charge in [0.2, 0.25) is 0 Å². The van der Waals surface area contributed by atoms with E-state index in [0.29, 0.717) is 13.0 Å². The van der Waals surface area contributed by atoms with Crippen LogP contribution >= 0.6 is 15.9 Å². The molecule has 2 rings (SSSR count). The fraction of sp³-hybridized carbons (Fsp3) is 0.750. The highest BCUT2D eigenvalue weighted by molar-refractivity contribution is 9.10. The van der Waals surface area contributed by atoms with E-state index in [9.17, 15) is 5.11 Å². The second-order valence-corrected chi connectivity index (χ2v) is 22.3. The fourth-order valence-electron chi connectivity index (χ4n) is 3.17. The van der Waals surface area contributed by atoms with Crippen molar-refractivity contribution in [1.29, 1.82) is 0 Å². The fourth-order valence-corrected chi connectivity index (χ4v) is 5.95. The number of ether oxygens (including phenoxy) is 1. The van der Waals surface area contributed by atoms with Crippen LogP contribution in [0.3, 0.4) is 0 Å². The molecule has 1 aliphatic rings. The van der Waals surface area contributed by atoms with Crippen molar-refractivity contribution in [3.8, 4) is 0 Å². The van der Waals surface area contributed by atoms with Crippen LogP contribution in [0.15, 0.2) is 28.7 Å². The monoisotopic (exact) mass is 530 g/mol. The van der Waals surface area contributed by atoms with Crippen LogP contribution in [-0.4, -0.2) is 52.8 Å². The lowest BCUT2D eigenvalue weighted by molar-refractivity contribution is -0.0185. The Bertz CT molecular complexity index is 740. The van der Waals surface area contributed by atoms with Gasteiger partial charge < -0.3 is 18.7 Å². The lowest BCUT2D eigenvalue weighted by atomic mass is 10.0. The molecule has 0 bridgehead atoms. The maximum absolute atomic E-state index is 11.3. The van der Waals surface area contributed by atoms with Gasteiger partial charge in [0.15, 0.2) is 16.6 Å². The first kappa shape index (κ1) is 27.2. The number of aliphatic hydroxyl groups excluding tert-OH is 1. The summed E-state index contributed by atoms with van der Waals surface area (Å²) < 4.78 is 20.6. The van der Waals surface area contributed by atoms with Crippen LogP contribution < -0.4 is 0 Å². The summed E-state index contributed by atoms with van der Waals surface area (Å²) in [5, 5.41) is 11.5. The Hall–Kier alpha value is -0.0262. The molecule has 0 radical (unpaired) electrons. The van der Waals surface area contributed by atoms with Crippen LogP contribution in [0.1, 0.15) is 47.1 Å². The van der Waals surface area contributed by atoms with Gasteiger partial charge in [0.25, 0.3) is 0 Å². The molecule has 4 atom stereocenters. The van der Waals surface area contributed by atoms with Gasteiger partial charge in [-0.2, -0.15) is 0 Å². The topological polar surface area (TPSA) is 47.9 Å². The summed E-state index contributed by atoms with van der Waals surface area (Å²) in [7, 11) is -4.02. The second kappa shape index (κ2) is 9.68. The van der Waals surface area contributed by atoms with E-state index in [-0.39, 0.29) is 28.4 Å². The average Bonchev–Trinajstić information content (AvgIpc) is 2.88. The first-order valence-corrected chi connectivity index (χ1v) is 18.0. The molecule has 1 saturated heterocycles. The summed E-state index contributed by atoms with van der Waals surface area (Å²) in [5.74, 6) is 0. The number of hydrogen-bond acceptors (Lipinski definition) is 4. The summed E-state index contributed by atoms with van der Waals surface area (Å²) >= 11 is 3.66. The number of halogens is 1. The maximum atomic E-state index is 11.3. The summed E-state index contributed by atoms with van der Waals surface area (Å²) in [4.78, 5) is 0. The first-order chi connectivity index (χ1) is 14.0. The van der Waals surface area contributed by atoms with Gasteiger partial charge in [-0.3, -0.25) is 0 Å². The summed E-state index contributed by atoms with van der Waals surface area (Å²) in [6.45, 7) is 22.7. The molecule has 1 N–H and O–H groups in total. The molecule has 0 aliphatic carbocycles. The Kier molecular flexibility index (Phi) is 8.50. The number of aliphatic hydroxyl groups is 1. The molecule has 0 spiro atoms. The highest BCUT2D eigenvalue weighted by Gasteiger charge is 2.50. The quantitative estimate of drug-likeness (QED) is 0.407. The molecule has 4 nitrogen and oxygen atoms in total. The smallest absolute Gasteiger partial charge is 0.192 e. The second-order valence-electron chi connectivity index (χ2n) is 11.9. The molecule has 1 fully saturated rings. The van der Waals surface area contributed by atoms with Crippen molar-refractivity contribution in [1.82, 2.24) is 0 Å². The summed E-state index contributed by atoms with van der Waals surface area (Å²) in [5.41, 5.74) is 1.16. The van der Waals surface area contributed by atoms with Gasteiger partial charge in [0.05, 0.1) is 12.7 Å². The van der Waals surface area contributed by atoms with E-state index in [1.807, 2.05) is 18.2 Å². The standard InChI is InChI=1S/C24H43BrO4Si2/c1-23(2,3)30(7,8)27-16-20-21(26)22(29-31(9,10)24(4,5)6)19(28-20)15-17-13-11-12-14-18(17)25/h11-14,19-22,26H,15-16H2,1-10H3/t19-,20+,21+,22-/m0/s1. The van der Waals surface area contributed by atoms with Gasteiger partial charge in [-0.15, -0.1) is 0 Å². The molecule has 31 heavy (non-hydrogen) atoms. The Balaban J connectivity index is 2.25. The first-order valence-electron chi connectivity index (χ1n) is 11.3. The van der Waals surface area contributed by atoms with Gasteiger partial charge in [-0.05, 0) is 47.9 Å². The highest BCUT2D eigenvalue weighted by Crippen LogP contribution is 2.41. The lowest BCUT2D eigenvalue weighted by Gasteiger charge is -2.40. The zero-order valence-corrected chi connectivity index (χ0v) is 24.7. The normalized spacial score (nSPS) is 25.8. The van der Waals surface area contributed by atoms with E-state index in [1.54, 1.807) is 0 Å². The third-order valence-electron chi connectivity index (χ3n) is 7.46. The molecule has 0 saturated carbocycles. The van der Waals surface area contributed by atoms with Crippen LogP contribution in [0.4, 0.5) is 0 Å². The average molecular weight is 532 g/mol. The van der Waals surface area contributed by atoms with Crippen molar-refractivity contribution in [3.05, 3.63) is 34.3 Å². The third kappa shape index (κ3) is 6.52. The molecule has 1 aromatic rings. The van der Waals surface area contributed by atoms with Crippen molar-refractivity contribution in [2.45, 2.75) is 109 Å². The van der Waals surface area contributed by atoms with Crippen LogP contribution in [0.5, 0.6) is 0 Å². The molecule has 0 unspecified atom stereocenters. The summed E-state index contributed by atoms with van der Waals surface area (Å²) in [6.07, 6.45) is -0.964. The minimum Gasteiger partial charge on any atom is -0.414 e. The van der Waals surface area contributed by atoms with E-state index in [4.69, 9.17) is 13.6 Å². The molecule has 178 valence electrons. The molecule has 1 aromatic carbocycles. The van der Waals surface area contributed by atoms with E-state index < -0.39 is 22.7 Å². The largest absolute Gasteiger partial charge is 0.414 e. The molecule has 1 heterocycles. The van der Waals surface area contributed by atoms with Crippen molar-refractivity contribution < 1.29 is 18.7 Å². The maximum Gasteiger partial charge on any atom is 0.192 e. The van der Waals surface area contributed by atoms with Crippen molar-refractivity contribution in [2.75, 3.05) is 6.61 Å². The van der Waals surface area contributed by atoms with Gasteiger partial charge in [0, 0.05) is 10.9 Å². The van der Waals surface area contributed by atoms with E-state index >= 15 is 0 Å². The van der Waals surface area contributed by atoms with Crippen molar-refractivity contribution in [2.24, 2.45) is 0 Å². The Morgan fingerprint density at radius 1 is 0.935 bits per heavy atom. The zero-order valence-electron chi connectivity index (χ0n) is 21.1. The molecular weight excluding hydrogens is 488 g/mol. The van der Waals surface area contributed by atoms with Gasteiger partial charge in [-0.1, -0.05) is 75.7 Å². The third-order valence-corrected chi connectivity index (χ3v) is 17.2. The highest BCUT2D eigenvalue weighted by atomic mass is 79.9. The molecule has 0 aromatic heterocycles. The molecule has 1 aliphatic heterocycles. The SMILES string of the molecule is CC(C)(C)[Si](C)(C)OC[C@H]1O[C@@H](Cc2ccccc2Br)[C@H](O[Si](C)(C)C(C)(C)C)[C@@H]1O. The minimum absolute atomic E-state index is 0.0559. The Labute approximate surface area is 200 Å². The minimum atomic E-state index is -2.09. The Morgan fingerprint density at radius 2 is 1.48 bits per heavy atom. The van der Waals surface area contributed by atoms with Gasteiger partial charge in [-0.25, -0.2) is 0 Å². The van der Waals surface area contributed by atoms with Crippen LogP contribution in [0.2, 0.25) is 36.3 Å². The van der Waals surface area contributed by atoms with Crippen molar-refractivity contribution in [3.63, 3.8) is 0 Å². The van der Waals surface area contributed by atoms with Crippen LogP contribution in [0, 0.1) is 0 Å². The zero-order chi connectivity index (χ0) is 23.8. The summed E-state index contributed by atoms with van der Waals surface area (Å²) in [6, 6.07) is 8.19. The van der Waals surface area contributed by atoms with Gasteiger partial charge in [0.1, 0.15) is 18.3 Å². The van der Waals surface area contributed by atoms with Crippen molar-refractivity contribution >= 4 is 32.6 Å². The molecular formula is C24H43BrO4Si2. The number of hydrogen-bond donors (Lipinski definition) is 1. The van der Waals surface area contributed by atoms with E-state index in [0.717, 1.165) is 10.0 Å². The van der Waals surface area contributed by atoms with Gasteiger partial charge >= 0.3 is 0 Å². The molecule has 0 amide bonds. The molecule has 7 heteroatoms. The van der Waals surface area contributed by atoms with Crippen LogP contribution in [-0.2, 0) is 20.0 Å². The predicted molar refractivity (Wildman–Crippen MR) is 138 cm³/mol. The lowest BCUT2D eigenvalue weighted by Crippen LogP contribution is -2.50. The Morgan fingerprint density at radius 3 is 2.00 bits per heavy atom. The number of rotatable bonds is 7. The van der Waals surface area contributed by atoms with Crippen LogP contribution in [0.25, 0.3) is 0 Å². The number of benzene rings is 1.